The molecule has 0 saturated carbocycles. The lowest BCUT2D eigenvalue weighted by molar-refractivity contribution is -0.110. The fourth-order valence-corrected chi connectivity index (χ4v) is 1.35. The van der Waals surface area contributed by atoms with Crippen LogP contribution in [0.25, 0.3) is 0 Å². The molecule has 0 aromatic rings. The van der Waals surface area contributed by atoms with Gasteiger partial charge in [-0.05, 0) is 25.2 Å². The van der Waals surface area contributed by atoms with E-state index in [9.17, 15) is 4.79 Å². The standard InChI is InChI=1S/C9H14O/c1-2-8-3-5-9(7-10)6-4-8/h3,5,7-9H,2,4,6H2,1H3. The summed E-state index contributed by atoms with van der Waals surface area (Å²) in [6.45, 7) is 2.19. The highest BCUT2D eigenvalue weighted by Crippen LogP contribution is 2.22. The Labute approximate surface area is 62.1 Å². The van der Waals surface area contributed by atoms with Crippen molar-refractivity contribution in [3.05, 3.63) is 12.2 Å². The molecule has 0 aromatic carbocycles. The van der Waals surface area contributed by atoms with E-state index < -0.39 is 0 Å². The second kappa shape index (κ2) is 3.55. The lowest BCUT2D eigenvalue weighted by atomic mass is 9.88. The van der Waals surface area contributed by atoms with Gasteiger partial charge in [-0.25, -0.2) is 0 Å². The molecule has 1 heteroatoms. The summed E-state index contributed by atoms with van der Waals surface area (Å²) in [5.41, 5.74) is 0. The van der Waals surface area contributed by atoms with Crippen LogP contribution in [0.4, 0.5) is 0 Å². The Morgan fingerprint density at radius 2 is 2.30 bits per heavy atom. The van der Waals surface area contributed by atoms with Crippen LogP contribution >= 0.6 is 0 Å². The highest BCUT2D eigenvalue weighted by Gasteiger charge is 2.12. The van der Waals surface area contributed by atoms with Crippen molar-refractivity contribution in [1.29, 1.82) is 0 Å². The highest BCUT2D eigenvalue weighted by atomic mass is 16.1. The molecular weight excluding hydrogens is 124 g/mol. The Morgan fingerprint density at radius 1 is 1.50 bits per heavy atom. The molecule has 0 amide bonds. The molecular formula is C9H14O. The fourth-order valence-electron chi connectivity index (χ4n) is 1.35. The first kappa shape index (κ1) is 7.52. The normalized spacial score (nSPS) is 32.1. The Bertz CT molecular complexity index is 138. The van der Waals surface area contributed by atoms with Gasteiger partial charge in [0.05, 0.1) is 0 Å². The number of aldehydes is 1. The molecule has 1 aliphatic carbocycles. The number of carbonyl (C=O) groups is 1. The summed E-state index contributed by atoms with van der Waals surface area (Å²) in [6.07, 6.45) is 8.73. The molecule has 0 aliphatic heterocycles. The van der Waals surface area contributed by atoms with Crippen LogP contribution in [0.5, 0.6) is 0 Å². The van der Waals surface area contributed by atoms with Crippen molar-refractivity contribution in [3.63, 3.8) is 0 Å². The fraction of sp³-hybridized carbons (Fsp3) is 0.667. The molecule has 10 heavy (non-hydrogen) atoms. The maximum atomic E-state index is 10.3. The minimum atomic E-state index is 0.211. The molecule has 1 nitrogen and oxygen atoms in total. The molecule has 0 aromatic heterocycles. The number of rotatable bonds is 2. The van der Waals surface area contributed by atoms with Gasteiger partial charge in [-0.1, -0.05) is 19.1 Å². The Balaban J connectivity index is 2.43. The second-order valence-corrected chi connectivity index (χ2v) is 2.93. The van der Waals surface area contributed by atoms with Crippen LogP contribution < -0.4 is 0 Å². The molecule has 0 bridgehead atoms. The van der Waals surface area contributed by atoms with Gasteiger partial charge >= 0.3 is 0 Å². The van der Waals surface area contributed by atoms with Crippen molar-refractivity contribution in [2.75, 3.05) is 0 Å². The molecule has 56 valence electrons. The van der Waals surface area contributed by atoms with Crippen molar-refractivity contribution in [1.82, 2.24) is 0 Å². The summed E-state index contributed by atoms with van der Waals surface area (Å²) in [7, 11) is 0. The van der Waals surface area contributed by atoms with E-state index in [1.54, 1.807) is 0 Å². The molecule has 2 atom stereocenters. The SMILES string of the molecule is CCC1C=CC(C=O)CC1. The van der Waals surface area contributed by atoms with Gasteiger partial charge in [0, 0.05) is 5.92 Å². The van der Waals surface area contributed by atoms with Crippen LogP contribution in [-0.4, -0.2) is 6.29 Å². The average Bonchev–Trinajstić information content (AvgIpc) is 2.05. The largest absolute Gasteiger partial charge is 0.303 e. The van der Waals surface area contributed by atoms with Crippen LogP contribution in [-0.2, 0) is 4.79 Å². The summed E-state index contributed by atoms with van der Waals surface area (Å²) in [6, 6.07) is 0. The van der Waals surface area contributed by atoms with Gasteiger partial charge in [0.1, 0.15) is 6.29 Å². The lowest BCUT2D eigenvalue weighted by Gasteiger charge is -2.17. The van der Waals surface area contributed by atoms with Crippen LogP contribution in [0, 0.1) is 11.8 Å². The molecule has 0 N–H and O–H groups in total. The molecule has 0 radical (unpaired) electrons. The van der Waals surface area contributed by atoms with E-state index in [4.69, 9.17) is 0 Å². The molecule has 0 fully saturated rings. The Morgan fingerprint density at radius 3 is 2.70 bits per heavy atom. The van der Waals surface area contributed by atoms with E-state index in [1.165, 1.54) is 12.8 Å². The second-order valence-electron chi connectivity index (χ2n) is 2.93. The molecule has 0 saturated heterocycles. The zero-order valence-corrected chi connectivity index (χ0v) is 6.42. The average molecular weight is 138 g/mol. The first-order valence-electron chi connectivity index (χ1n) is 4.00. The summed E-state index contributed by atoms with van der Waals surface area (Å²) in [4.78, 5) is 10.3. The van der Waals surface area contributed by atoms with Gasteiger partial charge in [-0.15, -0.1) is 0 Å². The maximum Gasteiger partial charge on any atom is 0.126 e. The molecule has 2 unspecified atom stereocenters. The third kappa shape index (κ3) is 1.69. The minimum absolute atomic E-state index is 0.211. The van der Waals surface area contributed by atoms with E-state index in [-0.39, 0.29) is 5.92 Å². The smallest absolute Gasteiger partial charge is 0.126 e. The van der Waals surface area contributed by atoms with Crippen molar-refractivity contribution < 1.29 is 4.79 Å². The van der Waals surface area contributed by atoms with E-state index in [0.717, 1.165) is 18.6 Å². The van der Waals surface area contributed by atoms with Gasteiger partial charge in [-0.3, -0.25) is 0 Å². The van der Waals surface area contributed by atoms with Gasteiger partial charge in [0.25, 0.3) is 0 Å². The van der Waals surface area contributed by atoms with Crippen molar-refractivity contribution in [3.8, 4) is 0 Å². The predicted octanol–water partition coefficient (Wildman–Crippen LogP) is 2.18. The van der Waals surface area contributed by atoms with Crippen LogP contribution in [0.15, 0.2) is 12.2 Å². The lowest BCUT2D eigenvalue weighted by Crippen LogP contribution is -2.08. The van der Waals surface area contributed by atoms with Crippen molar-refractivity contribution in [2.45, 2.75) is 26.2 Å². The first-order chi connectivity index (χ1) is 4.86. The first-order valence-corrected chi connectivity index (χ1v) is 4.00. The van der Waals surface area contributed by atoms with E-state index in [2.05, 4.69) is 13.0 Å². The Kier molecular flexibility index (Phi) is 2.67. The molecule has 0 spiro atoms. The quantitative estimate of drug-likeness (QED) is 0.422. The summed E-state index contributed by atoms with van der Waals surface area (Å²) in [5, 5.41) is 0. The third-order valence-corrected chi connectivity index (χ3v) is 2.20. The summed E-state index contributed by atoms with van der Waals surface area (Å²) in [5.74, 6) is 0.944. The molecule has 0 heterocycles. The van der Waals surface area contributed by atoms with Gasteiger partial charge in [-0.2, -0.15) is 0 Å². The van der Waals surface area contributed by atoms with Crippen LogP contribution in [0.2, 0.25) is 0 Å². The third-order valence-electron chi connectivity index (χ3n) is 2.20. The zero-order chi connectivity index (χ0) is 7.40. The summed E-state index contributed by atoms with van der Waals surface area (Å²) >= 11 is 0. The van der Waals surface area contributed by atoms with E-state index in [0.29, 0.717) is 0 Å². The number of hydrogen-bond acceptors (Lipinski definition) is 1. The minimum Gasteiger partial charge on any atom is -0.303 e. The summed E-state index contributed by atoms with van der Waals surface area (Å²) < 4.78 is 0. The van der Waals surface area contributed by atoms with E-state index in [1.807, 2.05) is 6.08 Å². The number of allylic oxidation sites excluding steroid dienone is 2. The van der Waals surface area contributed by atoms with Gasteiger partial charge in [0.2, 0.25) is 0 Å². The van der Waals surface area contributed by atoms with Crippen molar-refractivity contribution >= 4 is 6.29 Å². The number of carbonyl (C=O) groups excluding carboxylic acids is 1. The highest BCUT2D eigenvalue weighted by molar-refractivity contribution is 5.56. The zero-order valence-electron chi connectivity index (χ0n) is 6.42. The van der Waals surface area contributed by atoms with Gasteiger partial charge in [0.15, 0.2) is 0 Å². The molecule has 1 aliphatic rings. The topological polar surface area (TPSA) is 17.1 Å². The van der Waals surface area contributed by atoms with Gasteiger partial charge < -0.3 is 4.79 Å². The van der Waals surface area contributed by atoms with Crippen LogP contribution in [0.3, 0.4) is 0 Å². The number of hydrogen-bond donors (Lipinski definition) is 0. The maximum absolute atomic E-state index is 10.3. The van der Waals surface area contributed by atoms with E-state index >= 15 is 0 Å². The van der Waals surface area contributed by atoms with Crippen LogP contribution in [0.1, 0.15) is 26.2 Å². The predicted molar refractivity (Wildman–Crippen MR) is 41.7 cm³/mol. The monoisotopic (exact) mass is 138 g/mol. The van der Waals surface area contributed by atoms with Crippen molar-refractivity contribution in [2.24, 2.45) is 11.8 Å². The Hall–Kier alpha value is -0.590. The molecule has 1 rings (SSSR count).